The summed E-state index contributed by atoms with van der Waals surface area (Å²) >= 11 is 0. The molecule has 16 heavy (non-hydrogen) atoms. The molecule has 1 fully saturated rings. The number of nitrogens with zero attached hydrogens (tertiary/aromatic N) is 1. The molecule has 1 saturated carbocycles. The van der Waals surface area contributed by atoms with Gasteiger partial charge in [-0.3, -0.25) is 0 Å². The van der Waals surface area contributed by atoms with Gasteiger partial charge in [0, 0.05) is 24.7 Å². The van der Waals surface area contributed by atoms with Crippen LogP contribution in [0.2, 0.25) is 0 Å². The number of anilines is 1. The lowest BCUT2D eigenvalue weighted by Gasteiger charge is -2.20. The van der Waals surface area contributed by atoms with Crippen LogP contribution in [0, 0.1) is 5.92 Å². The van der Waals surface area contributed by atoms with Gasteiger partial charge in [0.2, 0.25) is 0 Å². The SMILES string of the molecule is CC(O)C1CN(CC2CC2)c2ccccc21. The third-order valence-electron chi connectivity index (χ3n) is 3.85. The highest BCUT2D eigenvalue weighted by molar-refractivity contribution is 5.60. The summed E-state index contributed by atoms with van der Waals surface area (Å²) in [7, 11) is 0. The first-order valence-electron chi connectivity index (χ1n) is 6.27. The van der Waals surface area contributed by atoms with Crippen LogP contribution in [0.1, 0.15) is 31.2 Å². The Balaban J connectivity index is 1.88. The van der Waals surface area contributed by atoms with Crippen molar-refractivity contribution in [3.8, 4) is 0 Å². The first-order chi connectivity index (χ1) is 7.75. The molecule has 0 spiro atoms. The summed E-state index contributed by atoms with van der Waals surface area (Å²) in [6, 6.07) is 8.54. The fourth-order valence-corrected chi connectivity index (χ4v) is 2.72. The molecule has 0 saturated heterocycles. The van der Waals surface area contributed by atoms with Gasteiger partial charge in [-0.1, -0.05) is 18.2 Å². The second-order valence-corrected chi connectivity index (χ2v) is 5.25. The van der Waals surface area contributed by atoms with Gasteiger partial charge in [0.25, 0.3) is 0 Å². The van der Waals surface area contributed by atoms with Crippen molar-refractivity contribution in [2.24, 2.45) is 5.92 Å². The average molecular weight is 217 g/mol. The number of aliphatic hydroxyl groups excluding tert-OH is 1. The predicted molar refractivity (Wildman–Crippen MR) is 65.8 cm³/mol. The lowest BCUT2D eigenvalue weighted by atomic mass is 9.97. The quantitative estimate of drug-likeness (QED) is 0.840. The van der Waals surface area contributed by atoms with Crippen molar-refractivity contribution >= 4 is 5.69 Å². The Bertz CT molecular complexity index is 384. The highest BCUT2D eigenvalue weighted by Crippen LogP contribution is 2.40. The first kappa shape index (κ1) is 10.2. The van der Waals surface area contributed by atoms with Crippen LogP contribution in [0.25, 0.3) is 0 Å². The topological polar surface area (TPSA) is 23.5 Å². The van der Waals surface area contributed by atoms with Gasteiger partial charge in [-0.05, 0) is 37.3 Å². The summed E-state index contributed by atoms with van der Waals surface area (Å²) in [5.41, 5.74) is 2.68. The number of fused-ring (bicyclic) bond motifs is 1. The number of para-hydroxylation sites is 1. The summed E-state index contributed by atoms with van der Waals surface area (Å²) in [4.78, 5) is 2.46. The molecule has 1 aromatic rings. The van der Waals surface area contributed by atoms with E-state index in [9.17, 15) is 5.11 Å². The molecule has 2 unspecified atom stereocenters. The normalized spacial score (nSPS) is 25.6. The third kappa shape index (κ3) is 1.71. The lowest BCUT2D eigenvalue weighted by molar-refractivity contribution is 0.167. The van der Waals surface area contributed by atoms with Crippen LogP contribution in [0.4, 0.5) is 5.69 Å². The van der Waals surface area contributed by atoms with E-state index in [1.807, 2.05) is 6.92 Å². The monoisotopic (exact) mass is 217 g/mol. The lowest BCUT2D eigenvalue weighted by Crippen LogP contribution is -2.27. The zero-order valence-electron chi connectivity index (χ0n) is 9.76. The van der Waals surface area contributed by atoms with Gasteiger partial charge in [-0.25, -0.2) is 0 Å². The van der Waals surface area contributed by atoms with Crippen LogP contribution >= 0.6 is 0 Å². The van der Waals surface area contributed by atoms with Gasteiger partial charge in [-0.15, -0.1) is 0 Å². The Kier molecular flexibility index (Phi) is 2.40. The van der Waals surface area contributed by atoms with E-state index in [0.717, 1.165) is 12.5 Å². The molecule has 2 aliphatic rings. The minimum atomic E-state index is -0.245. The molecular weight excluding hydrogens is 198 g/mol. The highest BCUT2D eigenvalue weighted by atomic mass is 16.3. The molecule has 2 atom stereocenters. The van der Waals surface area contributed by atoms with Crippen LogP contribution in [0.15, 0.2) is 24.3 Å². The first-order valence-corrected chi connectivity index (χ1v) is 6.27. The summed E-state index contributed by atoms with van der Waals surface area (Å²) in [6.45, 7) is 4.08. The molecule has 0 bridgehead atoms. The maximum absolute atomic E-state index is 9.84. The maximum Gasteiger partial charge on any atom is 0.0598 e. The minimum absolute atomic E-state index is 0.245. The molecule has 0 amide bonds. The number of aliphatic hydroxyl groups is 1. The zero-order chi connectivity index (χ0) is 11.1. The number of rotatable bonds is 3. The Hall–Kier alpha value is -1.02. The number of hydrogen-bond acceptors (Lipinski definition) is 2. The molecule has 0 radical (unpaired) electrons. The maximum atomic E-state index is 9.84. The van der Waals surface area contributed by atoms with Crippen LogP contribution in [-0.4, -0.2) is 24.3 Å². The zero-order valence-corrected chi connectivity index (χ0v) is 9.76. The van der Waals surface area contributed by atoms with Crippen LogP contribution in [0.5, 0.6) is 0 Å². The number of hydrogen-bond donors (Lipinski definition) is 1. The van der Waals surface area contributed by atoms with Crippen molar-refractivity contribution in [3.63, 3.8) is 0 Å². The predicted octanol–water partition coefficient (Wildman–Crippen LogP) is 2.38. The molecule has 1 aromatic carbocycles. The second kappa shape index (κ2) is 3.77. The Labute approximate surface area is 96.9 Å². The van der Waals surface area contributed by atoms with Crippen molar-refractivity contribution in [1.29, 1.82) is 0 Å². The van der Waals surface area contributed by atoms with Crippen molar-refractivity contribution in [3.05, 3.63) is 29.8 Å². The van der Waals surface area contributed by atoms with E-state index in [2.05, 4.69) is 29.2 Å². The molecule has 86 valence electrons. The van der Waals surface area contributed by atoms with E-state index in [0.29, 0.717) is 5.92 Å². The minimum Gasteiger partial charge on any atom is -0.393 e. The summed E-state index contributed by atoms with van der Waals surface area (Å²) in [6.07, 6.45) is 2.53. The van der Waals surface area contributed by atoms with E-state index in [1.165, 1.54) is 30.6 Å². The largest absolute Gasteiger partial charge is 0.393 e. The molecule has 1 aliphatic carbocycles. The van der Waals surface area contributed by atoms with Crippen molar-refractivity contribution in [1.82, 2.24) is 0 Å². The molecule has 2 heteroatoms. The summed E-state index contributed by atoms with van der Waals surface area (Å²) in [5, 5.41) is 9.84. The van der Waals surface area contributed by atoms with Crippen molar-refractivity contribution in [2.45, 2.75) is 31.8 Å². The fraction of sp³-hybridized carbons (Fsp3) is 0.571. The fourth-order valence-electron chi connectivity index (χ4n) is 2.72. The van der Waals surface area contributed by atoms with Gasteiger partial charge in [0.15, 0.2) is 0 Å². The van der Waals surface area contributed by atoms with E-state index in [4.69, 9.17) is 0 Å². The van der Waals surface area contributed by atoms with Gasteiger partial charge >= 0.3 is 0 Å². The molecule has 1 N–H and O–H groups in total. The van der Waals surface area contributed by atoms with Gasteiger partial charge in [-0.2, -0.15) is 0 Å². The molecule has 3 rings (SSSR count). The van der Waals surface area contributed by atoms with Crippen molar-refractivity contribution < 1.29 is 5.11 Å². The summed E-state index contributed by atoms with van der Waals surface area (Å²) < 4.78 is 0. The van der Waals surface area contributed by atoms with Gasteiger partial charge in [0.05, 0.1) is 6.10 Å². The Morgan fingerprint density at radius 2 is 2.12 bits per heavy atom. The standard InChI is InChI=1S/C14H19NO/c1-10(16)13-9-15(8-11-6-7-11)14-5-3-2-4-12(13)14/h2-5,10-11,13,16H,6-9H2,1H3. The van der Waals surface area contributed by atoms with Crippen LogP contribution in [-0.2, 0) is 0 Å². The van der Waals surface area contributed by atoms with E-state index in [1.54, 1.807) is 0 Å². The average Bonchev–Trinajstić information content (AvgIpc) is 3.00. The van der Waals surface area contributed by atoms with Gasteiger partial charge in [0.1, 0.15) is 0 Å². The third-order valence-corrected chi connectivity index (χ3v) is 3.85. The molecule has 0 aromatic heterocycles. The molecular formula is C14H19NO. The van der Waals surface area contributed by atoms with Gasteiger partial charge < -0.3 is 10.0 Å². The Morgan fingerprint density at radius 1 is 1.38 bits per heavy atom. The molecule has 1 heterocycles. The molecule has 1 aliphatic heterocycles. The Morgan fingerprint density at radius 3 is 2.81 bits per heavy atom. The van der Waals surface area contributed by atoms with Crippen molar-refractivity contribution in [2.75, 3.05) is 18.0 Å². The van der Waals surface area contributed by atoms with Crippen LogP contribution < -0.4 is 4.90 Å². The highest BCUT2D eigenvalue weighted by Gasteiger charge is 2.34. The molecule has 2 nitrogen and oxygen atoms in total. The van der Waals surface area contributed by atoms with E-state index in [-0.39, 0.29) is 6.10 Å². The van der Waals surface area contributed by atoms with Crippen LogP contribution in [0.3, 0.4) is 0 Å². The van der Waals surface area contributed by atoms with E-state index >= 15 is 0 Å². The second-order valence-electron chi connectivity index (χ2n) is 5.25. The number of benzene rings is 1. The summed E-state index contributed by atoms with van der Waals surface area (Å²) in [5.74, 6) is 1.20. The smallest absolute Gasteiger partial charge is 0.0598 e. The van der Waals surface area contributed by atoms with E-state index < -0.39 is 0 Å².